The van der Waals surface area contributed by atoms with Crippen LogP contribution < -0.4 is 45.9 Å². The zero-order valence-corrected chi connectivity index (χ0v) is 35.9. The van der Waals surface area contributed by atoms with Crippen molar-refractivity contribution in [1.82, 2.24) is 0 Å². The van der Waals surface area contributed by atoms with Crippen molar-refractivity contribution >= 4 is 81.0 Å². The molecule has 12 rings (SSSR count). The van der Waals surface area contributed by atoms with Crippen LogP contribution in [0.4, 0.5) is 17.1 Å². The molecule has 0 saturated carbocycles. The summed E-state index contributed by atoms with van der Waals surface area (Å²) in [5, 5.41) is 12.3. The van der Waals surface area contributed by atoms with E-state index >= 15 is 0 Å². The van der Waals surface area contributed by atoms with E-state index in [2.05, 4.69) is 248 Å². The fourth-order valence-electron chi connectivity index (χ4n) is 10.2. The molecule has 0 N–H and O–H groups in total. The molecule has 0 aliphatic carbocycles. The van der Waals surface area contributed by atoms with E-state index in [0.717, 1.165) is 28.6 Å². The molecule has 2 aliphatic heterocycles. The van der Waals surface area contributed by atoms with Gasteiger partial charge in [0.25, 0.3) is 0 Å². The summed E-state index contributed by atoms with van der Waals surface area (Å²) in [6.45, 7) is 0. The van der Waals surface area contributed by atoms with Crippen LogP contribution in [0, 0.1) is 0 Å². The zero-order chi connectivity index (χ0) is 41.0. The van der Waals surface area contributed by atoms with Gasteiger partial charge in [-0.2, -0.15) is 0 Å². The Balaban J connectivity index is 1.13. The number of rotatable bonds is 6. The summed E-state index contributed by atoms with van der Waals surface area (Å²) >= 11 is 0. The van der Waals surface area contributed by atoms with E-state index in [1.165, 1.54) is 69.3 Å². The van der Waals surface area contributed by atoms with Gasteiger partial charge in [-0.3, -0.25) is 0 Å². The van der Waals surface area contributed by atoms with E-state index in [1.54, 1.807) is 0 Å². The maximum atomic E-state index is 6.78. The third-order valence-electron chi connectivity index (χ3n) is 12.9. The van der Waals surface area contributed by atoms with E-state index in [-0.39, 0.29) is 0 Å². The predicted molar refractivity (Wildman–Crippen MR) is 264 cm³/mol. The summed E-state index contributed by atoms with van der Waals surface area (Å²) in [7, 11) is -4.38. The van der Waals surface area contributed by atoms with Gasteiger partial charge in [-0.1, -0.05) is 211 Å². The average Bonchev–Trinajstić information content (AvgIpc) is 3.35. The van der Waals surface area contributed by atoms with E-state index in [4.69, 9.17) is 4.74 Å². The summed E-state index contributed by atoms with van der Waals surface area (Å²) in [6, 6.07) is 89.8. The number of fused-ring (bicyclic) bond motifs is 9. The second-order valence-electron chi connectivity index (χ2n) is 16.2. The van der Waals surface area contributed by atoms with Gasteiger partial charge in [-0.05, 0) is 95.9 Å². The monoisotopic (exact) mass is 822 g/mol. The summed E-state index contributed by atoms with van der Waals surface area (Å²) < 4.78 is 6.78. The first-order valence-electron chi connectivity index (χ1n) is 21.3. The van der Waals surface area contributed by atoms with Crippen molar-refractivity contribution in [2.24, 2.45) is 0 Å². The molecule has 2 nitrogen and oxygen atoms in total. The lowest BCUT2D eigenvalue weighted by Gasteiger charge is -2.46. The Kier molecular flexibility index (Phi) is 8.73. The molecule has 10 aromatic rings. The molecule has 1 radical (unpaired) electrons. The number of hydrogen-bond donors (Lipinski definition) is 0. The van der Waals surface area contributed by atoms with Crippen LogP contribution in [0.15, 0.2) is 243 Å². The molecule has 62 heavy (non-hydrogen) atoms. The van der Waals surface area contributed by atoms with Crippen molar-refractivity contribution in [2.45, 2.75) is 0 Å². The fourth-order valence-corrected chi connectivity index (χ4v) is 19.9. The molecule has 2 heterocycles. The number of benzene rings is 10. The first kappa shape index (κ1) is 36.4. The largest absolute Gasteiger partial charge is 0.458 e. The maximum Gasteiger partial charge on any atom is 0.188 e. The van der Waals surface area contributed by atoms with Gasteiger partial charge >= 0.3 is 0 Å². The Hall–Kier alpha value is -7.51. The Labute approximate surface area is 365 Å². The van der Waals surface area contributed by atoms with Crippen molar-refractivity contribution in [3.05, 3.63) is 243 Å². The maximum absolute atomic E-state index is 6.78. The van der Waals surface area contributed by atoms with E-state index in [1.807, 2.05) is 0 Å². The Morgan fingerprint density at radius 3 is 1.69 bits per heavy atom. The first-order valence-corrected chi connectivity index (χ1v) is 24.8. The molecule has 0 bridgehead atoms. The minimum atomic E-state index is -2.89. The van der Waals surface area contributed by atoms with E-state index in [0.29, 0.717) is 0 Å². The van der Waals surface area contributed by atoms with Crippen molar-refractivity contribution in [3.8, 4) is 33.8 Å². The average molecular weight is 823 g/mol. The van der Waals surface area contributed by atoms with Gasteiger partial charge in [-0.25, -0.2) is 0 Å². The van der Waals surface area contributed by atoms with Gasteiger partial charge in [0.1, 0.15) is 11.5 Å². The molecule has 4 heteroatoms. The van der Waals surface area contributed by atoms with Crippen LogP contribution in [0.2, 0.25) is 0 Å². The van der Waals surface area contributed by atoms with Gasteiger partial charge in [0.05, 0.1) is 5.69 Å². The molecular weight excluding hydrogens is 783 g/mol. The predicted octanol–water partition coefficient (Wildman–Crippen LogP) is 9.96. The SMILES string of the molecule is c1ccc(-c2ccccc2N(c2ccc(-c3cccc4ccccc34)cc2)c2ccc3c(c2)[Si](c2ccccc2)c2ccccc2[Si]32c3ccccc3Oc3ccccc32)cc1. The molecule has 10 aromatic carbocycles. The number of ether oxygens (including phenoxy) is 1. The van der Waals surface area contributed by atoms with Crippen molar-refractivity contribution in [3.63, 3.8) is 0 Å². The summed E-state index contributed by atoms with van der Waals surface area (Å²) in [6.07, 6.45) is 0. The summed E-state index contributed by atoms with van der Waals surface area (Å²) in [5.41, 5.74) is 8.18. The van der Waals surface area contributed by atoms with Crippen LogP contribution >= 0.6 is 0 Å². The number of nitrogens with zero attached hydrogens (tertiary/aromatic N) is 1. The van der Waals surface area contributed by atoms with Crippen LogP contribution in [0.1, 0.15) is 0 Å². The molecule has 291 valence electrons. The molecule has 0 atom stereocenters. The van der Waals surface area contributed by atoms with Gasteiger partial charge in [0.15, 0.2) is 16.9 Å². The van der Waals surface area contributed by atoms with Crippen LogP contribution in [0.5, 0.6) is 11.5 Å². The Morgan fingerprint density at radius 2 is 0.919 bits per heavy atom. The first-order chi connectivity index (χ1) is 30.8. The van der Waals surface area contributed by atoms with Gasteiger partial charge in [0, 0.05) is 16.9 Å². The normalized spacial score (nSPS) is 13.4. The van der Waals surface area contributed by atoms with Crippen molar-refractivity contribution in [1.29, 1.82) is 0 Å². The van der Waals surface area contributed by atoms with Crippen molar-refractivity contribution < 1.29 is 4.74 Å². The Bertz CT molecular complexity index is 3240. The molecule has 1 spiro atoms. The lowest BCUT2D eigenvalue weighted by atomic mass is 9.97. The minimum Gasteiger partial charge on any atom is -0.458 e. The lowest BCUT2D eigenvalue weighted by Crippen LogP contribution is -2.87. The summed E-state index contributed by atoms with van der Waals surface area (Å²) in [4.78, 5) is 2.49. The van der Waals surface area contributed by atoms with Crippen molar-refractivity contribution in [2.75, 3.05) is 4.90 Å². The highest BCUT2D eigenvalue weighted by Gasteiger charge is 2.54. The molecule has 0 unspecified atom stereocenters. The number of anilines is 3. The zero-order valence-electron chi connectivity index (χ0n) is 33.9. The minimum absolute atomic E-state index is 0.961. The molecular formula is C58H40NOSi2. The molecule has 2 aliphatic rings. The highest BCUT2D eigenvalue weighted by molar-refractivity contribution is 7.27. The number of hydrogen-bond acceptors (Lipinski definition) is 2. The quantitative estimate of drug-likeness (QED) is 0.155. The topological polar surface area (TPSA) is 12.5 Å². The fraction of sp³-hybridized carbons (Fsp3) is 0. The summed E-state index contributed by atoms with van der Waals surface area (Å²) in [5.74, 6) is 1.92. The van der Waals surface area contributed by atoms with Gasteiger partial charge < -0.3 is 9.64 Å². The second-order valence-corrected chi connectivity index (χ2v) is 22.2. The highest BCUT2D eigenvalue weighted by Crippen LogP contribution is 2.42. The highest BCUT2D eigenvalue weighted by atomic mass is 28.3. The molecule has 0 amide bonds. The lowest BCUT2D eigenvalue weighted by molar-refractivity contribution is 0.487. The molecule has 0 fully saturated rings. The third kappa shape index (κ3) is 5.68. The smallest absolute Gasteiger partial charge is 0.188 e. The van der Waals surface area contributed by atoms with Crippen LogP contribution in [-0.4, -0.2) is 16.9 Å². The van der Waals surface area contributed by atoms with E-state index in [9.17, 15) is 0 Å². The van der Waals surface area contributed by atoms with Gasteiger partial charge in [-0.15, -0.1) is 0 Å². The second kappa shape index (κ2) is 14.9. The van der Waals surface area contributed by atoms with Crippen LogP contribution in [0.25, 0.3) is 33.0 Å². The van der Waals surface area contributed by atoms with Gasteiger partial charge in [0.2, 0.25) is 0 Å². The Morgan fingerprint density at radius 1 is 0.371 bits per heavy atom. The van der Waals surface area contributed by atoms with E-state index < -0.39 is 16.9 Å². The van der Waals surface area contributed by atoms with Crippen LogP contribution in [0.3, 0.4) is 0 Å². The molecule has 0 aromatic heterocycles. The third-order valence-corrected chi connectivity index (χ3v) is 21.1. The molecule has 0 saturated heterocycles. The van der Waals surface area contributed by atoms with Crippen LogP contribution in [-0.2, 0) is 0 Å². The standard InChI is InChI=1S/C58H40NOSi2/c1-3-18-42(19-4-1)49-25-9-10-27-50(49)59(44-36-34-43(35-37-44)48-26-17-21-41-20-7-8-24-47(41)48)45-38-39-58-54(40-45)61(46-22-5-2-6-23-46)53-30-13-16-33-57(53)62(58)55-31-14-11-28-51(55)60-52-29-12-15-32-56(52)62/h1-40H. The number of para-hydroxylation sites is 3.